The van der Waals surface area contributed by atoms with E-state index in [0.29, 0.717) is 0 Å². The van der Waals surface area contributed by atoms with Crippen LogP contribution in [0.25, 0.3) is 0 Å². The summed E-state index contributed by atoms with van der Waals surface area (Å²) in [4.78, 5) is 0. The fourth-order valence-corrected chi connectivity index (χ4v) is 1.70. The van der Waals surface area contributed by atoms with Crippen molar-refractivity contribution >= 4 is 0 Å². The zero-order chi connectivity index (χ0) is 10.3. The van der Waals surface area contributed by atoms with Crippen molar-refractivity contribution in [2.24, 2.45) is 5.92 Å². The van der Waals surface area contributed by atoms with E-state index in [4.69, 9.17) is 0 Å². The van der Waals surface area contributed by atoms with E-state index in [2.05, 4.69) is 34.6 Å². The molecule has 0 aromatic carbocycles. The van der Waals surface area contributed by atoms with E-state index in [1.807, 2.05) is 0 Å². The predicted molar refractivity (Wildman–Crippen MR) is 62.0 cm³/mol. The highest BCUT2D eigenvalue weighted by molar-refractivity contribution is 5.14. The van der Waals surface area contributed by atoms with Gasteiger partial charge >= 0.3 is 0 Å². The number of unbranched alkanes of at least 4 members (excludes halogenated alkanes) is 1. The monoisotopic (exact) mass is 182 g/mol. The fraction of sp³-hybridized carbons (Fsp3) is 0.846. The van der Waals surface area contributed by atoms with E-state index < -0.39 is 0 Å². The molecule has 0 radical (unpaired) electrons. The van der Waals surface area contributed by atoms with Gasteiger partial charge in [0.1, 0.15) is 0 Å². The molecular formula is C13H26. The Labute approximate surface area is 84.4 Å². The Hall–Kier alpha value is -0.260. The summed E-state index contributed by atoms with van der Waals surface area (Å²) in [6.07, 6.45) is 6.52. The number of hydrogen-bond acceptors (Lipinski definition) is 0. The Morgan fingerprint density at radius 2 is 1.77 bits per heavy atom. The molecule has 1 atom stereocenters. The molecule has 0 fully saturated rings. The van der Waals surface area contributed by atoms with Crippen LogP contribution >= 0.6 is 0 Å². The molecule has 0 amide bonds. The van der Waals surface area contributed by atoms with Crippen LogP contribution in [0.5, 0.6) is 0 Å². The second-order valence-corrected chi connectivity index (χ2v) is 4.05. The van der Waals surface area contributed by atoms with E-state index >= 15 is 0 Å². The van der Waals surface area contributed by atoms with Gasteiger partial charge in [0.15, 0.2) is 0 Å². The number of allylic oxidation sites excluding steroid dienone is 2. The topological polar surface area (TPSA) is 0 Å². The van der Waals surface area contributed by atoms with Crippen LogP contribution in [0.15, 0.2) is 11.1 Å². The zero-order valence-corrected chi connectivity index (χ0v) is 10.1. The summed E-state index contributed by atoms with van der Waals surface area (Å²) in [5, 5.41) is 0. The maximum atomic E-state index is 2.34. The van der Waals surface area contributed by atoms with Crippen LogP contribution in [-0.4, -0.2) is 0 Å². The fourth-order valence-electron chi connectivity index (χ4n) is 1.70. The lowest BCUT2D eigenvalue weighted by Gasteiger charge is -2.15. The van der Waals surface area contributed by atoms with Crippen LogP contribution in [-0.2, 0) is 0 Å². The minimum Gasteiger partial charge on any atom is -0.0713 e. The van der Waals surface area contributed by atoms with Crippen molar-refractivity contribution in [3.63, 3.8) is 0 Å². The molecule has 0 saturated carbocycles. The van der Waals surface area contributed by atoms with Crippen LogP contribution in [0.3, 0.4) is 0 Å². The van der Waals surface area contributed by atoms with Gasteiger partial charge in [-0.05, 0) is 38.5 Å². The Kier molecular flexibility index (Phi) is 7.03. The molecule has 0 aliphatic rings. The number of hydrogen-bond donors (Lipinski definition) is 0. The van der Waals surface area contributed by atoms with Crippen molar-refractivity contribution in [3.8, 4) is 0 Å². The van der Waals surface area contributed by atoms with Crippen molar-refractivity contribution in [2.75, 3.05) is 0 Å². The minimum atomic E-state index is 0.784. The van der Waals surface area contributed by atoms with E-state index in [9.17, 15) is 0 Å². The average Bonchev–Trinajstić information content (AvgIpc) is 2.17. The van der Waals surface area contributed by atoms with Crippen LogP contribution in [0.1, 0.15) is 66.7 Å². The van der Waals surface area contributed by atoms with Crippen LogP contribution < -0.4 is 0 Å². The summed E-state index contributed by atoms with van der Waals surface area (Å²) in [5.74, 6) is 0.784. The van der Waals surface area contributed by atoms with Crippen molar-refractivity contribution in [2.45, 2.75) is 66.7 Å². The Morgan fingerprint density at radius 1 is 1.15 bits per heavy atom. The highest BCUT2D eigenvalue weighted by atomic mass is 14.1. The highest BCUT2D eigenvalue weighted by Crippen LogP contribution is 2.23. The van der Waals surface area contributed by atoms with Crippen LogP contribution in [0, 0.1) is 5.92 Å². The lowest BCUT2D eigenvalue weighted by molar-refractivity contribution is 0.630. The van der Waals surface area contributed by atoms with E-state index in [0.717, 1.165) is 5.92 Å². The van der Waals surface area contributed by atoms with Gasteiger partial charge in [-0.25, -0.2) is 0 Å². The largest absolute Gasteiger partial charge is 0.0713 e. The third-order valence-corrected chi connectivity index (χ3v) is 3.17. The van der Waals surface area contributed by atoms with Gasteiger partial charge in [0.2, 0.25) is 0 Å². The molecule has 0 aliphatic carbocycles. The van der Waals surface area contributed by atoms with Crippen molar-refractivity contribution in [3.05, 3.63) is 11.1 Å². The summed E-state index contributed by atoms with van der Waals surface area (Å²) >= 11 is 0. The Morgan fingerprint density at radius 3 is 2.15 bits per heavy atom. The maximum Gasteiger partial charge on any atom is -0.0234 e. The molecular weight excluding hydrogens is 156 g/mol. The van der Waals surface area contributed by atoms with Gasteiger partial charge in [-0.2, -0.15) is 0 Å². The van der Waals surface area contributed by atoms with Crippen molar-refractivity contribution < 1.29 is 0 Å². The van der Waals surface area contributed by atoms with Crippen molar-refractivity contribution in [1.29, 1.82) is 0 Å². The van der Waals surface area contributed by atoms with Gasteiger partial charge in [-0.3, -0.25) is 0 Å². The third kappa shape index (κ3) is 4.50. The molecule has 0 aliphatic heterocycles. The van der Waals surface area contributed by atoms with Gasteiger partial charge in [0, 0.05) is 0 Å². The summed E-state index contributed by atoms with van der Waals surface area (Å²) < 4.78 is 0. The zero-order valence-electron chi connectivity index (χ0n) is 10.1. The van der Waals surface area contributed by atoms with Gasteiger partial charge in [-0.1, -0.05) is 45.3 Å². The summed E-state index contributed by atoms with van der Waals surface area (Å²) in [7, 11) is 0. The van der Waals surface area contributed by atoms with Gasteiger partial charge in [0.05, 0.1) is 0 Å². The Bertz CT molecular complexity index is 153. The Balaban J connectivity index is 4.29. The van der Waals surface area contributed by atoms with Crippen molar-refractivity contribution in [1.82, 2.24) is 0 Å². The molecule has 78 valence electrons. The first-order valence-electron chi connectivity index (χ1n) is 5.85. The quantitative estimate of drug-likeness (QED) is 0.510. The third-order valence-electron chi connectivity index (χ3n) is 3.17. The molecule has 0 heteroatoms. The second kappa shape index (κ2) is 7.17. The van der Waals surface area contributed by atoms with E-state index in [-0.39, 0.29) is 0 Å². The lowest BCUT2D eigenvalue weighted by Crippen LogP contribution is -1.99. The first-order chi connectivity index (χ1) is 6.17. The summed E-state index contributed by atoms with van der Waals surface area (Å²) in [5.41, 5.74) is 3.36. The van der Waals surface area contributed by atoms with E-state index in [1.54, 1.807) is 11.1 Å². The normalized spacial score (nSPS) is 15.5. The first kappa shape index (κ1) is 12.7. The standard InChI is InChI=1S/C13H26/c1-6-9-10-13(8-3)12(5)11(4)7-2/h11H,6-10H2,1-5H3. The van der Waals surface area contributed by atoms with Gasteiger partial charge in [-0.15, -0.1) is 0 Å². The van der Waals surface area contributed by atoms with Crippen LogP contribution in [0.4, 0.5) is 0 Å². The minimum absolute atomic E-state index is 0.784. The summed E-state index contributed by atoms with van der Waals surface area (Å²) in [6, 6.07) is 0. The summed E-state index contributed by atoms with van der Waals surface area (Å²) in [6.45, 7) is 11.5. The number of rotatable bonds is 6. The van der Waals surface area contributed by atoms with Crippen LogP contribution in [0.2, 0.25) is 0 Å². The molecule has 0 spiro atoms. The molecule has 0 bridgehead atoms. The smallest absolute Gasteiger partial charge is 0.0234 e. The molecule has 0 saturated heterocycles. The molecule has 1 unspecified atom stereocenters. The second-order valence-electron chi connectivity index (χ2n) is 4.05. The van der Waals surface area contributed by atoms with Gasteiger partial charge < -0.3 is 0 Å². The first-order valence-corrected chi connectivity index (χ1v) is 5.85. The predicted octanol–water partition coefficient (Wildman–Crippen LogP) is 4.95. The maximum absolute atomic E-state index is 2.34. The van der Waals surface area contributed by atoms with Gasteiger partial charge in [0.25, 0.3) is 0 Å². The molecule has 13 heavy (non-hydrogen) atoms. The molecule has 0 nitrogen and oxygen atoms in total. The molecule has 0 N–H and O–H groups in total. The molecule has 0 rings (SSSR count). The average molecular weight is 182 g/mol. The van der Waals surface area contributed by atoms with E-state index in [1.165, 1.54) is 32.1 Å². The highest BCUT2D eigenvalue weighted by Gasteiger charge is 2.06. The molecule has 0 aromatic heterocycles. The lowest BCUT2D eigenvalue weighted by atomic mass is 9.91. The molecule has 0 aromatic rings. The molecule has 0 heterocycles. The SMILES string of the molecule is CCCCC(CC)=C(C)C(C)CC.